The molecule has 19 heavy (non-hydrogen) atoms. The molecule has 0 aliphatic heterocycles. The Labute approximate surface area is 110 Å². The van der Waals surface area contributed by atoms with E-state index in [1.165, 1.54) is 6.07 Å². The quantitative estimate of drug-likeness (QED) is 0.829. The topological polar surface area (TPSA) is 66.4 Å². The van der Waals surface area contributed by atoms with Crippen LogP contribution in [0.5, 0.6) is 5.75 Å². The third-order valence-corrected chi connectivity index (χ3v) is 2.75. The van der Waals surface area contributed by atoms with Gasteiger partial charge in [0, 0.05) is 16.8 Å². The molecule has 2 rings (SSSR count). The van der Waals surface area contributed by atoms with Gasteiger partial charge < -0.3 is 10.4 Å². The number of hydrogen-bond donors (Lipinski definition) is 2. The molecule has 0 aliphatic carbocycles. The Morgan fingerprint density at radius 3 is 2.68 bits per heavy atom. The van der Waals surface area contributed by atoms with Gasteiger partial charge in [0.2, 0.25) is 0 Å². The van der Waals surface area contributed by atoms with Crippen LogP contribution in [0.25, 0.3) is 0 Å². The number of phenolic OH excluding ortho intramolecular Hbond substituents is 1. The number of phenols is 1. The number of aldehydes is 1. The second-order valence-corrected chi connectivity index (χ2v) is 4.20. The summed E-state index contributed by atoms with van der Waals surface area (Å²) in [4.78, 5) is 22.6. The fourth-order valence-corrected chi connectivity index (χ4v) is 1.64. The third kappa shape index (κ3) is 2.98. The lowest BCUT2D eigenvalue weighted by atomic mass is 10.1. The summed E-state index contributed by atoms with van der Waals surface area (Å²) in [5, 5.41) is 12.2. The molecule has 2 N–H and O–H groups in total. The zero-order valence-electron chi connectivity index (χ0n) is 10.4. The largest absolute Gasteiger partial charge is 0.508 e. The van der Waals surface area contributed by atoms with Crippen LogP contribution in [0.15, 0.2) is 42.5 Å². The molecular formula is C15H13NO3. The predicted molar refractivity (Wildman–Crippen MR) is 72.6 cm³/mol. The van der Waals surface area contributed by atoms with Gasteiger partial charge in [0.1, 0.15) is 12.0 Å². The highest BCUT2D eigenvalue weighted by atomic mass is 16.3. The summed E-state index contributed by atoms with van der Waals surface area (Å²) in [6.07, 6.45) is 0.716. The standard InChI is InChI=1S/C15H13NO3/c1-10-5-6-12(8-14(10)18)15(19)16-13-4-2-3-11(7-13)9-17/h2-9,18H,1H3,(H,16,19). The summed E-state index contributed by atoms with van der Waals surface area (Å²) in [6, 6.07) is 11.3. The van der Waals surface area contributed by atoms with Gasteiger partial charge in [-0.3, -0.25) is 9.59 Å². The van der Waals surface area contributed by atoms with E-state index in [9.17, 15) is 14.7 Å². The number of carbonyl (C=O) groups excluding carboxylic acids is 2. The number of rotatable bonds is 3. The van der Waals surface area contributed by atoms with E-state index in [0.29, 0.717) is 28.7 Å². The molecule has 0 saturated carbocycles. The van der Waals surface area contributed by atoms with E-state index in [0.717, 1.165) is 0 Å². The molecule has 0 radical (unpaired) electrons. The molecule has 0 atom stereocenters. The number of benzene rings is 2. The molecule has 1 amide bonds. The normalized spacial score (nSPS) is 9.95. The van der Waals surface area contributed by atoms with Gasteiger partial charge in [-0.05, 0) is 36.8 Å². The second-order valence-electron chi connectivity index (χ2n) is 4.20. The van der Waals surface area contributed by atoms with Gasteiger partial charge in [-0.1, -0.05) is 18.2 Å². The van der Waals surface area contributed by atoms with Gasteiger partial charge in [0.05, 0.1) is 0 Å². The minimum absolute atomic E-state index is 0.0780. The number of carbonyl (C=O) groups is 2. The van der Waals surface area contributed by atoms with E-state index < -0.39 is 0 Å². The average Bonchev–Trinajstić information content (AvgIpc) is 2.42. The Bertz CT molecular complexity index is 635. The van der Waals surface area contributed by atoms with Crippen LogP contribution in [0.1, 0.15) is 26.3 Å². The third-order valence-electron chi connectivity index (χ3n) is 2.75. The summed E-state index contributed by atoms with van der Waals surface area (Å²) in [6.45, 7) is 1.75. The summed E-state index contributed by atoms with van der Waals surface area (Å²) >= 11 is 0. The molecule has 96 valence electrons. The van der Waals surface area contributed by atoms with Crippen molar-refractivity contribution < 1.29 is 14.7 Å². The van der Waals surface area contributed by atoms with Crippen molar-refractivity contribution in [2.45, 2.75) is 6.92 Å². The Kier molecular flexibility index (Phi) is 3.61. The van der Waals surface area contributed by atoms with E-state index in [4.69, 9.17) is 0 Å². The molecule has 2 aromatic carbocycles. The summed E-state index contributed by atoms with van der Waals surface area (Å²) in [5.41, 5.74) is 2.10. The van der Waals surface area contributed by atoms with Crippen LogP contribution in [0, 0.1) is 6.92 Å². The van der Waals surface area contributed by atoms with Gasteiger partial charge in [-0.2, -0.15) is 0 Å². The molecule has 4 nitrogen and oxygen atoms in total. The number of anilines is 1. The Morgan fingerprint density at radius 1 is 1.21 bits per heavy atom. The van der Waals surface area contributed by atoms with Crippen molar-refractivity contribution in [1.82, 2.24) is 0 Å². The molecule has 0 bridgehead atoms. The molecule has 0 aromatic heterocycles. The highest BCUT2D eigenvalue weighted by molar-refractivity contribution is 6.04. The van der Waals surface area contributed by atoms with E-state index in [1.54, 1.807) is 43.3 Å². The fraction of sp³-hybridized carbons (Fsp3) is 0.0667. The van der Waals surface area contributed by atoms with Crippen LogP contribution in [0.3, 0.4) is 0 Å². The lowest BCUT2D eigenvalue weighted by Gasteiger charge is -2.07. The zero-order valence-corrected chi connectivity index (χ0v) is 10.4. The molecule has 0 fully saturated rings. The summed E-state index contributed by atoms with van der Waals surface area (Å²) in [7, 11) is 0. The maximum absolute atomic E-state index is 12.0. The van der Waals surface area contributed by atoms with Crippen molar-refractivity contribution in [3.63, 3.8) is 0 Å². The molecule has 0 saturated heterocycles. The zero-order chi connectivity index (χ0) is 13.8. The van der Waals surface area contributed by atoms with Crippen molar-refractivity contribution >= 4 is 17.9 Å². The molecule has 2 aromatic rings. The Morgan fingerprint density at radius 2 is 2.00 bits per heavy atom. The van der Waals surface area contributed by atoms with Crippen molar-refractivity contribution in [2.24, 2.45) is 0 Å². The first-order chi connectivity index (χ1) is 9.10. The molecular weight excluding hydrogens is 242 g/mol. The average molecular weight is 255 g/mol. The van der Waals surface area contributed by atoms with E-state index in [2.05, 4.69) is 5.32 Å². The fourth-order valence-electron chi connectivity index (χ4n) is 1.64. The highest BCUT2D eigenvalue weighted by Gasteiger charge is 2.08. The van der Waals surface area contributed by atoms with Gasteiger partial charge in [0.15, 0.2) is 0 Å². The SMILES string of the molecule is Cc1ccc(C(=O)Nc2cccc(C=O)c2)cc1O. The number of hydrogen-bond acceptors (Lipinski definition) is 3. The maximum Gasteiger partial charge on any atom is 0.255 e. The first-order valence-electron chi connectivity index (χ1n) is 5.76. The number of aryl methyl sites for hydroxylation is 1. The van der Waals surface area contributed by atoms with Crippen LogP contribution in [0.4, 0.5) is 5.69 Å². The van der Waals surface area contributed by atoms with Crippen LogP contribution in [-0.2, 0) is 0 Å². The van der Waals surface area contributed by atoms with Gasteiger partial charge in [-0.25, -0.2) is 0 Å². The van der Waals surface area contributed by atoms with Crippen molar-refractivity contribution in [3.8, 4) is 5.75 Å². The number of amides is 1. The van der Waals surface area contributed by atoms with E-state index in [-0.39, 0.29) is 11.7 Å². The van der Waals surface area contributed by atoms with E-state index in [1.807, 2.05) is 0 Å². The summed E-state index contributed by atoms with van der Waals surface area (Å²) in [5.74, 6) is -0.257. The maximum atomic E-state index is 12.0. The molecule has 0 aliphatic rings. The van der Waals surface area contributed by atoms with Gasteiger partial charge >= 0.3 is 0 Å². The Hall–Kier alpha value is -2.62. The molecule has 4 heteroatoms. The lowest BCUT2D eigenvalue weighted by molar-refractivity contribution is 0.102. The lowest BCUT2D eigenvalue weighted by Crippen LogP contribution is -2.11. The smallest absolute Gasteiger partial charge is 0.255 e. The van der Waals surface area contributed by atoms with Crippen molar-refractivity contribution in [1.29, 1.82) is 0 Å². The molecule has 0 unspecified atom stereocenters. The van der Waals surface area contributed by atoms with Crippen molar-refractivity contribution in [3.05, 3.63) is 59.2 Å². The van der Waals surface area contributed by atoms with Crippen LogP contribution in [0.2, 0.25) is 0 Å². The first kappa shape index (κ1) is 12.8. The molecule has 0 heterocycles. The first-order valence-corrected chi connectivity index (χ1v) is 5.76. The van der Waals surface area contributed by atoms with Crippen LogP contribution < -0.4 is 5.32 Å². The number of aromatic hydroxyl groups is 1. The number of nitrogens with one attached hydrogen (secondary N) is 1. The predicted octanol–water partition coefficient (Wildman–Crippen LogP) is 2.77. The van der Waals surface area contributed by atoms with Crippen LogP contribution >= 0.6 is 0 Å². The van der Waals surface area contributed by atoms with Crippen LogP contribution in [-0.4, -0.2) is 17.3 Å². The van der Waals surface area contributed by atoms with Gasteiger partial charge in [-0.15, -0.1) is 0 Å². The monoisotopic (exact) mass is 255 g/mol. The second kappa shape index (κ2) is 5.35. The minimum Gasteiger partial charge on any atom is -0.508 e. The highest BCUT2D eigenvalue weighted by Crippen LogP contribution is 2.18. The minimum atomic E-state index is -0.335. The van der Waals surface area contributed by atoms with Gasteiger partial charge in [0.25, 0.3) is 5.91 Å². The molecule has 0 spiro atoms. The summed E-state index contributed by atoms with van der Waals surface area (Å²) < 4.78 is 0. The Balaban J connectivity index is 2.20. The van der Waals surface area contributed by atoms with E-state index >= 15 is 0 Å². The van der Waals surface area contributed by atoms with Crippen molar-refractivity contribution in [2.75, 3.05) is 5.32 Å².